The molecule has 6 heteroatoms. The molecule has 110 valence electrons. The van der Waals surface area contributed by atoms with Crippen LogP contribution in [0.1, 0.15) is 17.9 Å². The molecule has 1 saturated carbocycles. The normalized spacial score (nSPS) is 25.0. The molecular weight excluding hydrogens is 286 g/mol. The van der Waals surface area contributed by atoms with Gasteiger partial charge in [-0.05, 0) is 24.0 Å². The molecule has 20 heavy (non-hydrogen) atoms. The van der Waals surface area contributed by atoms with Crippen LogP contribution in [0, 0.1) is 17.6 Å². The van der Waals surface area contributed by atoms with Crippen LogP contribution in [-0.2, 0) is 4.79 Å². The molecule has 3 nitrogen and oxygen atoms in total. The third kappa shape index (κ3) is 2.79. The minimum atomic E-state index is -0.835. The molecule has 1 aromatic rings. The Balaban J connectivity index is 0.00000147. The lowest BCUT2D eigenvalue weighted by molar-refractivity contribution is -0.133. The number of halogens is 3. The van der Waals surface area contributed by atoms with E-state index in [2.05, 4.69) is 5.32 Å². The van der Waals surface area contributed by atoms with E-state index in [-0.39, 0.29) is 30.2 Å². The van der Waals surface area contributed by atoms with E-state index in [4.69, 9.17) is 0 Å². The maximum atomic E-state index is 13.7. The van der Waals surface area contributed by atoms with Gasteiger partial charge in [-0.1, -0.05) is 12.1 Å². The van der Waals surface area contributed by atoms with Crippen molar-refractivity contribution < 1.29 is 13.6 Å². The molecule has 0 aromatic heterocycles. The number of rotatable bonds is 2. The zero-order valence-corrected chi connectivity index (χ0v) is 11.8. The summed E-state index contributed by atoms with van der Waals surface area (Å²) in [6.07, 6.45) is 0.628. The van der Waals surface area contributed by atoms with Crippen molar-refractivity contribution in [3.63, 3.8) is 0 Å². The van der Waals surface area contributed by atoms with Gasteiger partial charge in [-0.15, -0.1) is 12.4 Å². The number of hydrogen-bond acceptors (Lipinski definition) is 2. The molecule has 1 N–H and O–H groups in total. The summed E-state index contributed by atoms with van der Waals surface area (Å²) in [6, 6.07) is 4.18. The van der Waals surface area contributed by atoms with Gasteiger partial charge in [-0.3, -0.25) is 4.79 Å². The van der Waals surface area contributed by atoms with E-state index in [1.54, 1.807) is 6.07 Å². The second kappa shape index (κ2) is 6.06. The first-order valence-electron chi connectivity index (χ1n) is 6.62. The summed E-state index contributed by atoms with van der Waals surface area (Å²) in [5, 5.41) is 3.18. The summed E-state index contributed by atoms with van der Waals surface area (Å²) in [4.78, 5) is 14.0. The van der Waals surface area contributed by atoms with Crippen molar-refractivity contribution >= 4 is 18.3 Å². The largest absolute Gasteiger partial charge is 0.340 e. The molecule has 1 aromatic carbocycles. The molecule has 1 aliphatic heterocycles. The fraction of sp³-hybridized carbons (Fsp3) is 0.500. The van der Waals surface area contributed by atoms with Crippen LogP contribution in [0.5, 0.6) is 0 Å². The van der Waals surface area contributed by atoms with Crippen LogP contribution in [0.25, 0.3) is 0 Å². The van der Waals surface area contributed by atoms with Crippen LogP contribution in [0.4, 0.5) is 8.78 Å². The number of amides is 1. The van der Waals surface area contributed by atoms with Crippen LogP contribution >= 0.6 is 12.4 Å². The molecule has 2 fully saturated rings. The van der Waals surface area contributed by atoms with Gasteiger partial charge < -0.3 is 10.2 Å². The first-order valence-corrected chi connectivity index (χ1v) is 6.62. The molecule has 1 aliphatic carbocycles. The average Bonchev–Trinajstić information content (AvgIpc) is 3.22. The van der Waals surface area contributed by atoms with E-state index in [0.29, 0.717) is 25.1 Å². The molecule has 0 bridgehead atoms. The number of benzene rings is 1. The van der Waals surface area contributed by atoms with E-state index in [1.165, 1.54) is 6.07 Å². The number of hydrogen-bond donors (Lipinski definition) is 1. The van der Waals surface area contributed by atoms with E-state index >= 15 is 0 Å². The minimum absolute atomic E-state index is 0. The summed E-state index contributed by atoms with van der Waals surface area (Å²) < 4.78 is 26.8. The van der Waals surface area contributed by atoms with Gasteiger partial charge in [0.2, 0.25) is 5.91 Å². The molecule has 1 heterocycles. The van der Waals surface area contributed by atoms with Crippen molar-refractivity contribution in [2.45, 2.75) is 12.3 Å². The molecule has 1 amide bonds. The summed E-state index contributed by atoms with van der Waals surface area (Å²) in [5.41, 5.74) is 0.341. The summed E-state index contributed by atoms with van der Waals surface area (Å²) >= 11 is 0. The quantitative estimate of drug-likeness (QED) is 0.905. The van der Waals surface area contributed by atoms with Gasteiger partial charge in [0.15, 0.2) is 11.6 Å². The van der Waals surface area contributed by atoms with E-state index in [0.717, 1.165) is 19.2 Å². The molecule has 3 rings (SSSR count). The average molecular weight is 303 g/mol. The van der Waals surface area contributed by atoms with Gasteiger partial charge in [0.25, 0.3) is 0 Å². The van der Waals surface area contributed by atoms with Crippen LogP contribution in [0.3, 0.4) is 0 Å². The van der Waals surface area contributed by atoms with Gasteiger partial charge >= 0.3 is 0 Å². The smallest absolute Gasteiger partial charge is 0.226 e. The first kappa shape index (κ1) is 15.2. The van der Waals surface area contributed by atoms with Crippen LogP contribution in [0.2, 0.25) is 0 Å². The van der Waals surface area contributed by atoms with E-state index in [9.17, 15) is 13.6 Å². The summed E-state index contributed by atoms with van der Waals surface area (Å²) in [5.74, 6) is -1.89. The van der Waals surface area contributed by atoms with Gasteiger partial charge in [-0.25, -0.2) is 8.78 Å². The predicted molar refractivity (Wildman–Crippen MR) is 73.9 cm³/mol. The Kier molecular flexibility index (Phi) is 4.60. The maximum absolute atomic E-state index is 13.7. The Morgan fingerprint density at radius 3 is 2.65 bits per heavy atom. The highest BCUT2D eigenvalue weighted by Gasteiger charge is 2.47. The fourth-order valence-electron chi connectivity index (χ4n) is 2.74. The van der Waals surface area contributed by atoms with Crippen molar-refractivity contribution in [2.75, 3.05) is 26.2 Å². The third-order valence-electron chi connectivity index (χ3n) is 3.92. The fourth-order valence-corrected chi connectivity index (χ4v) is 2.74. The molecule has 0 spiro atoms. The monoisotopic (exact) mass is 302 g/mol. The van der Waals surface area contributed by atoms with Crippen molar-refractivity contribution in [3.05, 3.63) is 35.4 Å². The van der Waals surface area contributed by atoms with Gasteiger partial charge in [0.05, 0.1) is 0 Å². The third-order valence-corrected chi connectivity index (χ3v) is 3.92. The lowest BCUT2D eigenvalue weighted by Crippen LogP contribution is -2.47. The zero-order chi connectivity index (χ0) is 13.4. The second-order valence-corrected chi connectivity index (χ2v) is 5.17. The zero-order valence-electron chi connectivity index (χ0n) is 10.9. The predicted octanol–water partition coefficient (Wildman–Crippen LogP) is 1.92. The van der Waals surface area contributed by atoms with E-state index in [1.807, 2.05) is 4.90 Å². The van der Waals surface area contributed by atoms with Gasteiger partial charge in [0.1, 0.15) is 0 Å². The number of carbonyl (C=O) groups is 1. The number of carbonyl (C=O) groups excluding carboxylic acids is 1. The molecule has 2 atom stereocenters. The van der Waals surface area contributed by atoms with Crippen molar-refractivity contribution in [1.29, 1.82) is 0 Å². The topological polar surface area (TPSA) is 32.3 Å². The molecule has 0 radical (unpaired) electrons. The second-order valence-electron chi connectivity index (χ2n) is 5.17. The molecular formula is C14H17ClF2N2O. The van der Waals surface area contributed by atoms with E-state index < -0.39 is 11.6 Å². The molecule has 1 saturated heterocycles. The Bertz CT molecular complexity index is 506. The first-order chi connectivity index (χ1) is 9.18. The lowest BCUT2D eigenvalue weighted by atomic mass is 10.1. The highest BCUT2D eigenvalue weighted by atomic mass is 35.5. The Morgan fingerprint density at radius 1 is 1.25 bits per heavy atom. The number of nitrogens with zero attached hydrogens (tertiary/aromatic N) is 1. The van der Waals surface area contributed by atoms with Gasteiger partial charge in [0, 0.05) is 32.1 Å². The standard InChI is InChI=1S/C14H16F2N2O.ClH/c15-12-3-1-2-9(13(12)16)10-8-11(10)14(19)18-6-4-17-5-7-18;/h1-3,10-11,17H,4-8H2;1H. The lowest BCUT2D eigenvalue weighted by Gasteiger charge is -2.27. The molecule has 2 aliphatic rings. The number of piperazine rings is 1. The van der Waals surface area contributed by atoms with Crippen molar-refractivity contribution in [2.24, 2.45) is 5.92 Å². The highest BCUT2D eigenvalue weighted by molar-refractivity contribution is 5.85. The van der Waals surface area contributed by atoms with Crippen LogP contribution < -0.4 is 5.32 Å². The maximum Gasteiger partial charge on any atom is 0.226 e. The number of nitrogens with one attached hydrogen (secondary N) is 1. The summed E-state index contributed by atoms with van der Waals surface area (Å²) in [7, 11) is 0. The Morgan fingerprint density at radius 2 is 1.95 bits per heavy atom. The minimum Gasteiger partial charge on any atom is -0.340 e. The molecule has 2 unspecified atom stereocenters. The Labute approximate surface area is 122 Å². The van der Waals surface area contributed by atoms with Crippen molar-refractivity contribution in [3.8, 4) is 0 Å². The highest BCUT2D eigenvalue weighted by Crippen LogP contribution is 2.49. The Hall–Kier alpha value is -1.20. The SMILES string of the molecule is Cl.O=C(C1CC1c1cccc(F)c1F)N1CCNCC1. The van der Waals surface area contributed by atoms with Crippen molar-refractivity contribution in [1.82, 2.24) is 10.2 Å². The van der Waals surface area contributed by atoms with Gasteiger partial charge in [-0.2, -0.15) is 0 Å². The van der Waals surface area contributed by atoms with Crippen LogP contribution in [0.15, 0.2) is 18.2 Å². The summed E-state index contributed by atoms with van der Waals surface area (Å²) in [6.45, 7) is 3.01. The van der Waals surface area contributed by atoms with Crippen LogP contribution in [-0.4, -0.2) is 37.0 Å².